The van der Waals surface area contributed by atoms with E-state index in [1.54, 1.807) is 17.0 Å². The molecule has 21 heavy (non-hydrogen) atoms. The van der Waals surface area contributed by atoms with E-state index < -0.39 is 5.97 Å². The number of para-hydroxylation sites is 1. The zero-order chi connectivity index (χ0) is 15.0. The Balaban J connectivity index is 1.94. The molecule has 6 heteroatoms. The van der Waals surface area contributed by atoms with Crippen LogP contribution < -0.4 is 15.4 Å². The van der Waals surface area contributed by atoms with Crippen molar-refractivity contribution in [2.24, 2.45) is 11.7 Å². The molecule has 6 nitrogen and oxygen atoms in total. The number of fused-ring (bicyclic) bond motifs is 1. The molecule has 0 spiro atoms. The van der Waals surface area contributed by atoms with Gasteiger partial charge in [-0.05, 0) is 18.6 Å². The molecule has 3 rings (SSSR count). The molecule has 1 heterocycles. The molecule has 0 saturated carbocycles. The van der Waals surface area contributed by atoms with Gasteiger partial charge in [-0.25, -0.2) is 4.79 Å². The highest BCUT2D eigenvalue weighted by Crippen LogP contribution is 2.36. The van der Waals surface area contributed by atoms with Crippen LogP contribution in [0.5, 0.6) is 5.75 Å². The van der Waals surface area contributed by atoms with Crippen LogP contribution in [-0.4, -0.2) is 36.2 Å². The quantitative estimate of drug-likeness (QED) is 0.792. The van der Waals surface area contributed by atoms with Crippen molar-refractivity contribution in [3.8, 4) is 5.75 Å². The van der Waals surface area contributed by atoms with Crippen LogP contribution in [0.1, 0.15) is 16.8 Å². The van der Waals surface area contributed by atoms with E-state index in [-0.39, 0.29) is 35.8 Å². The number of benzene rings is 1. The Hall–Kier alpha value is -2.34. The molecule has 3 N–H and O–H groups in total. The number of nitrogens with zero attached hydrogens (tertiary/aromatic N) is 1. The zero-order valence-electron chi connectivity index (χ0n) is 11.4. The summed E-state index contributed by atoms with van der Waals surface area (Å²) in [7, 11) is 0. The predicted molar refractivity (Wildman–Crippen MR) is 76.5 cm³/mol. The molecule has 1 amide bonds. The third-order valence-corrected chi connectivity index (χ3v) is 3.78. The topological polar surface area (TPSA) is 92.9 Å². The Morgan fingerprint density at radius 2 is 2.14 bits per heavy atom. The summed E-state index contributed by atoms with van der Waals surface area (Å²) in [5.41, 5.74) is 6.38. The van der Waals surface area contributed by atoms with Crippen molar-refractivity contribution in [2.45, 2.75) is 12.5 Å². The van der Waals surface area contributed by atoms with Gasteiger partial charge in [-0.1, -0.05) is 18.2 Å². The Labute approximate surface area is 121 Å². The Bertz CT molecular complexity index is 626. The van der Waals surface area contributed by atoms with Crippen LogP contribution in [0.15, 0.2) is 30.4 Å². The second kappa shape index (κ2) is 5.21. The summed E-state index contributed by atoms with van der Waals surface area (Å²) in [6.07, 6.45) is 4.24. The van der Waals surface area contributed by atoms with Gasteiger partial charge in [0.2, 0.25) is 5.91 Å². The summed E-state index contributed by atoms with van der Waals surface area (Å²) in [4.78, 5) is 25.4. The molecule has 2 atom stereocenters. The molecule has 2 aliphatic rings. The van der Waals surface area contributed by atoms with Crippen LogP contribution in [0.2, 0.25) is 0 Å². The largest absolute Gasteiger partial charge is 0.489 e. The van der Waals surface area contributed by atoms with Crippen molar-refractivity contribution < 1.29 is 19.4 Å². The van der Waals surface area contributed by atoms with E-state index in [1.807, 2.05) is 12.2 Å². The molecular weight excluding hydrogens is 272 g/mol. The van der Waals surface area contributed by atoms with Crippen molar-refractivity contribution in [2.75, 3.05) is 18.1 Å². The summed E-state index contributed by atoms with van der Waals surface area (Å²) in [6, 6.07) is 4.70. The van der Waals surface area contributed by atoms with Gasteiger partial charge in [-0.15, -0.1) is 0 Å². The van der Waals surface area contributed by atoms with Gasteiger partial charge in [-0.2, -0.15) is 0 Å². The van der Waals surface area contributed by atoms with Gasteiger partial charge >= 0.3 is 5.97 Å². The van der Waals surface area contributed by atoms with Crippen molar-refractivity contribution >= 4 is 17.6 Å². The summed E-state index contributed by atoms with van der Waals surface area (Å²) < 4.78 is 5.46. The lowest BCUT2D eigenvalue weighted by molar-refractivity contribution is -0.121. The third kappa shape index (κ3) is 2.38. The number of hydrogen-bond donors (Lipinski definition) is 2. The second-order valence-corrected chi connectivity index (χ2v) is 5.19. The van der Waals surface area contributed by atoms with Crippen molar-refractivity contribution in [1.82, 2.24) is 0 Å². The number of amides is 1. The van der Waals surface area contributed by atoms with Gasteiger partial charge < -0.3 is 20.5 Å². The third-order valence-electron chi connectivity index (χ3n) is 3.78. The number of ether oxygens (including phenoxy) is 1. The number of anilines is 1. The monoisotopic (exact) mass is 288 g/mol. The first kappa shape index (κ1) is 13.6. The van der Waals surface area contributed by atoms with E-state index >= 15 is 0 Å². The van der Waals surface area contributed by atoms with Crippen LogP contribution in [0.3, 0.4) is 0 Å². The van der Waals surface area contributed by atoms with Gasteiger partial charge in [-0.3, -0.25) is 4.79 Å². The first-order valence-electron chi connectivity index (χ1n) is 6.82. The van der Waals surface area contributed by atoms with Crippen molar-refractivity contribution in [3.05, 3.63) is 35.9 Å². The van der Waals surface area contributed by atoms with E-state index in [0.717, 1.165) is 0 Å². The molecular formula is C15H16N2O4. The van der Waals surface area contributed by atoms with E-state index in [2.05, 4.69) is 0 Å². The van der Waals surface area contributed by atoms with Crippen LogP contribution in [0, 0.1) is 5.92 Å². The lowest BCUT2D eigenvalue weighted by Crippen LogP contribution is -2.41. The molecule has 1 aliphatic carbocycles. The minimum Gasteiger partial charge on any atom is -0.489 e. The molecule has 2 unspecified atom stereocenters. The maximum Gasteiger partial charge on any atom is 0.339 e. The predicted octanol–water partition coefficient (Wildman–Crippen LogP) is 1.01. The number of carbonyl (C=O) groups excluding carboxylic acids is 1. The first-order valence-corrected chi connectivity index (χ1v) is 6.82. The molecule has 1 aliphatic heterocycles. The number of hydrogen-bond acceptors (Lipinski definition) is 4. The van der Waals surface area contributed by atoms with Crippen LogP contribution in [0.4, 0.5) is 5.69 Å². The minimum absolute atomic E-state index is 0.0636. The summed E-state index contributed by atoms with van der Waals surface area (Å²) in [5.74, 6) is -1.12. The lowest BCUT2D eigenvalue weighted by atomic mass is 10.0. The maximum absolute atomic E-state index is 12.6. The Morgan fingerprint density at radius 1 is 1.33 bits per heavy atom. The summed E-state index contributed by atoms with van der Waals surface area (Å²) in [5, 5.41) is 9.20. The molecule has 1 aromatic rings. The summed E-state index contributed by atoms with van der Waals surface area (Å²) >= 11 is 0. The van der Waals surface area contributed by atoms with Crippen LogP contribution in [0.25, 0.3) is 0 Å². The number of aromatic carboxylic acids is 1. The average Bonchev–Trinajstić information content (AvgIpc) is 2.91. The van der Waals surface area contributed by atoms with Crippen molar-refractivity contribution in [1.29, 1.82) is 0 Å². The minimum atomic E-state index is -1.07. The highest BCUT2D eigenvalue weighted by atomic mass is 16.5. The molecule has 0 bridgehead atoms. The van der Waals surface area contributed by atoms with Gasteiger partial charge in [0.25, 0.3) is 0 Å². The smallest absolute Gasteiger partial charge is 0.339 e. The molecule has 1 aromatic carbocycles. The number of nitrogens with two attached hydrogens (primary N) is 1. The molecule has 0 aromatic heterocycles. The first-order chi connectivity index (χ1) is 10.1. The van der Waals surface area contributed by atoms with Crippen LogP contribution in [-0.2, 0) is 4.79 Å². The van der Waals surface area contributed by atoms with E-state index in [4.69, 9.17) is 10.5 Å². The number of carbonyl (C=O) groups is 2. The number of carboxylic acids is 1. The number of carboxylic acid groups (broad SMARTS) is 1. The standard InChI is InChI=1S/C15H16N2O4/c16-10-5-4-9(8-10)14(18)17-6-7-21-13-11(15(19)20)2-1-3-12(13)17/h1-5,9-10H,6-8,16H2,(H,19,20). The van der Waals surface area contributed by atoms with E-state index in [1.165, 1.54) is 6.07 Å². The highest BCUT2D eigenvalue weighted by molar-refractivity contribution is 6.01. The maximum atomic E-state index is 12.6. The summed E-state index contributed by atoms with van der Waals surface area (Å²) in [6.45, 7) is 0.694. The SMILES string of the molecule is NC1C=CC(C(=O)N2CCOc3c(C(=O)O)cccc32)C1. The fourth-order valence-electron chi connectivity index (χ4n) is 2.76. The van der Waals surface area contributed by atoms with Crippen molar-refractivity contribution in [3.63, 3.8) is 0 Å². The van der Waals surface area contributed by atoms with E-state index in [0.29, 0.717) is 18.7 Å². The molecule has 0 saturated heterocycles. The van der Waals surface area contributed by atoms with Gasteiger partial charge in [0, 0.05) is 6.04 Å². The van der Waals surface area contributed by atoms with Crippen LogP contribution >= 0.6 is 0 Å². The number of rotatable bonds is 2. The Morgan fingerprint density at radius 3 is 2.81 bits per heavy atom. The van der Waals surface area contributed by atoms with E-state index in [9.17, 15) is 14.7 Å². The van der Waals surface area contributed by atoms with Gasteiger partial charge in [0.1, 0.15) is 12.2 Å². The molecule has 0 fully saturated rings. The second-order valence-electron chi connectivity index (χ2n) is 5.19. The zero-order valence-corrected chi connectivity index (χ0v) is 11.4. The molecule has 0 radical (unpaired) electrons. The van der Waals surface area contributed by atoms with Gasteiger partial charge in [0.05, 0.1) is 18.2 Å². The molecule has 110 valence electrons. The Kier molecular flexibility index (Phi) is 3.39. The lowest BCUT2D eigenvalue weighted by Gasteiger charge is -2.31. The fraction of sp³-hybridized carbons (Fsp3) is 0.333. The fourth-order valence-corrected chi connectivity index (χ4v) is 2.76. The normalized spacial score (nSPS) is 23.6. The van der Waals surface area contributed by atoms with Gasteiger partial charge in [0.15, 0.2) is 5.75 Å². The highest BCUT2D eigenvalue weighted by Gasteiger charge is 2.32. The average molecular weight is 288 g/mol.